The molecule has 2 rings (SSSR count). The molecule has 1 atom stereocenters. The first kappa shape index (κ1) is 12.3. The summed E-state index contributed by atoms with van der Waals surface area (Å²) in [5, 5.41) is 12.8. The minimum atomic E-state index is -1.05. The van der Waals surface area contributed by atoms with Gasteiger partial charge < -0.3 is 10.8 Å². The van der Waals surface area contributed by atoms with Crippen LogP contribution in [0.3, 0.4) is 0 Å². The van der Waals surface area contributed by atoms with Gasteiger partial charge in [-0.25, -0.2) is 9.07 Å². The molecule has 2 aromatic rings. The Bertz CT molecular complexity index is 551. The van der Waals surface area contributed by atoms with Gasteiger partial charge in [-0.15, -0.1) is 0 Å². The van der Waals surface area contributed by atoms with E-state index in [1.807, 2.05) is 0 Å². The van der Waals surface area contributed by atoms with Crippen LogP contribution in [0.25, 0.3) is 5.69 Å². The summed E-state index contributed by atoms with van der Waals surface area (Å²) in [6.45, 7) is 0. The van der Waals surface area contributed by atoms with E-state index < -0.39 is 12.0 Å². The van der Waals surface area contributed by atoms with Gasteiger partial charge in [-0.3, -0.25) is 4.79 Å². The van der Waals surface area contributed by atoms with E-state index in [1.165, 1.54) is 12.1 Å². The van der Waals surface area contributed by atoms with Crippen molar-refractivity contribution >= 4 is 5.97 Å². The van der Waals surface area contributed by atoms with Crippen molar-refractivity contribution in [2.24, 2.45) is 5.73 Å². The van der Waals surface area contributed by atoms with E-state index >= 15 is 0 Å². The molecule has 0 aliphatic rings. The van der Waals surface area contributed by atoms with Crippen molar-refractivity contribution in [3.05, 3.63) is 48.0 Å². The zero-order valence-electron chi connectivity index (χ0n) is 9.45. The van der Waals surface area contributed by atoms with Gasteiger partial charge in [0.1, 0.15) is 11.9 Å². The van der Waals surface area contributed by atoms with Gasteiger partial charge in [0, 0.05) is 12.6 Å². The maximum absolute atomic E-state index is 12.8. The second-order valence-corrected chi connectivity index (χ2v) is 3.92. The molecule has 1 aromatic carbocycles. The molecule has 0 aliphatic heterocycles. The fourth-order valence-electron chi connectivity index (χ4n) is 1.54. The van der Waals surface area contributed by atoms with Crippen molar-refractivity contribution in [2.75, 3.05) is 0 Å². The van der Waals surface area contributed by atoms with Gasteiger partial charge in [0.2, 0.25) is 0 Å². The lowest BCUT2D eigenvalue weighted by Crippen LogP contribution is -2.32. The highest BCUT2D eigenvalue weighted by atomic mass is 19.1. The summed E-state index contributed by atoms with van der Waals surface area (Å²) in [5.41, 5.74) is 6.85. The number of nitrogens with two attached hydrogens (primary N) is 1. The minimum Gasteiger partial charge on any atom is -0.480 e. The SMILES string of the molecule is NC(Cc1cnn(-c2ccc(F)cc2)c1)C(=O)O. The zero-order valence-corrected chi connectivity index (χ0v) is 9.45. The Labute approximate surface area is 103 Å². The number of benzene rings is 1. The molecule has 0 bridgehead atoms. The smallest absolute Gasteiger partial charge is 0.320 e. The van der Waals surface area contributed by atoms with Gasteiger partial charge in [0.05, 0.1) is 11.9 Å². The first-order valence-electron chi connectivity index (χ1n) is 5.34. The molecule has 0 spiro atoms. The van der Waals surface area contributed by atoms with Crippen LogP contribution in [0, 0.1) is 5.82 Å². The number of aliphatic carboxylic acids is 1. The van der Waals surface area contributed by atoms with Crippen LogP contribution in [-0.4, -0.2) is 26.9 Å². The first-order valence-corrected chi connectivity index (χ1v) is 5.34. The summed E-state index contributed by atoms with van der Waals surface area (Å²) in [7, 11) is 0. The van der Waals surface area contributed by atoms with E-state index in [4.69, 9.17) is 10.8 Å². The van der Waals surface area contributed by atoms with Crippen LogP contribution in [0.5, 0.6) is 0 Å². The molecule has 1 unspecified atom stereocenters. The van der Waals surface area contributed by atoms with E-state index in [0.29, 0.717) is 11.3 Å². The Kier molecular flexibility index (Phi) is 3.38. The second kappa shape index (κ2) is 4.97. The highest BCUT2D eigenvalue weighted by molar-refractivity contribution is 5.73. The van der Waals surface area contributed by atoms with Gasteiger partial charge in [-0.2, -0.15) is 5.10 Å². The van der Waals surface area contributed by atoms with Crippen LogP contribution < -0.4 is 5.73 Å². The van der Waals surface area contributed by atoms with E-state index in [1.54, 1.807) is 29.2 Å². The zero-order chi connectivity index (χ0) is 13.1. The number of hydrogen-bond donors (Lipinski definition) is 2. The normalized spacial score (nSPS) is 12.3. The number of carbonyl (C=O) groups is 1. The molecule has 0 amide bonds. The Balaban J connectivity index is 2.15. The highest BCUT2D eigenvalue weighted by Gasteiger charge is 2.13. The van der Waals surface area contributed by atoms with Crippen molar-refractivity contribution in [2.45, 2.75) is 12.5 Å². The monoisotopic (exact) mass is 249 g/mol. The Morgan fingerprint density at radius 2 is 2.11 bits per heavy atom. The van der Waals surface area contributed by atoms with Gasteiger partial charge in [-0.1, -0.05) is 0 Å². The van der Waals surface area contributed by atoms with E-state index in [9.17, 15) is 9.18 Å². The molecule has 94 valence electrons. The third kappa shape index (κ3) is 2.72. The number of aromatic nitrogens is 2. The number of rotatable bonds is 4. The number of carboxylic acids is 1. The van der Waals surface area contributed by atoms with Crippen molar-refractivity contribution in [3.8, 4) is 5.69 Å². The van der Waals surface area contributed by atoms with E-state index in [-0.39, 0.29) is 12.2 Å². The molecule has 0 saturated heterocycles. The van der Waals surface area contributed by atoms with E-state index in [0.717, 1.165) is 0 Å². The van der Waals surface area contributed by atoms with Crippen LogP contribution in [-0.2, 0) is 11.2 Å². The molecular formula is C12H12FN3O2. The molecule has 1 aromatic heterocycles. The lowest BCUT2D eigenvalue weighted by molar-refractivity contribution is -0.138. The molecule has 5 nitrogen and oxygen atoms in total. The first-order chi connectivity index (χ1) is 8.56. The van der Waals surface area contributed by atoms with Crippen LogP contribution >= 0.6 is 0 Å². The van der Waals surface area contributed by atoms with Crippen molar-refractivity contribution in [1.29, 1.82) is 0 Å². The predicted molar refractivity (Wildman–Crippen MR) is 62.8 cm³/mol. The average molecular weight is 249 g/mol. The highest BCUT2D eigenvalue weighted by Crippen LogP contribution is 2.10. The van der Waals surface area contributed by atoms with Crippen LogP contribution in [0.4, 0.5) is 4.39 Å². The fourth-order valence-corrected chi connectivity index (χ4v) is 1.54. The summed E-state index contributed by atoms with van der Waals surface area (Å²) in [5.74, 6) is -1.37. The number of carboxylic acid groups (broad SMARTS) is 1. The average Bonchev–Trinajstić information content (AvgIpc) is 2.78. The quantitative estimate of drug-likeness (QED) is 0.845. The topological polar surface area (TPSA) is 81.1 Å². The van der Waals surface area contributed by atoms with E-state index in [2.05, 4.69) is 5.10 Å². The number of hydrogen-bond acceptors (Lipinski definition) is 3. The van der Waals surface area contributed by atoms with Gasteiger partial charge in [0.25, 0.3) is 0 Å². The minimum absolute atomic E-state index is 0.205. The molecule has 1 heterocycles. The Hall–Kier alpha value is -2.21. The lowest BCUT2D eigenvalue weighted by atomic mass is 10.1. The summed E-state index contributed by atoms with van der Waals surface area (Å²) < 4.78 is 14.3. The standard InChI is InChI=1S/C12H12FN3O2/c13-9-1-3-10(4-2-9)16-7-8(6-15-16)5-11(14)12(17)18/h1-4,6-7,11H,5,14H2,(H,17,18). The Morgan fingerprint density at radius 3 is 2.72 bits per heavy atom. The van der Waals surface area contributed by atoms with Crippen molar-refractivity contribution in [1.82, 2.24) is 9.78 Å². The van der Waals surface area contributed by atoms with Gasteiger partial charge >= 0.3 is 5.97 Å². The summed E-state index contributed by atoms with van der Waals surface area (Å²) in [4.78, 5) is 10.6. The van der Waals surface area contributed by atoms with Gasteiger partial charge in [-0.05, 0) is 29.8 Å². The molecule has 18 heavy (non-hydrogen) atoms. The molecule has 3 N–H and O–H groups in total. The number of nitrogens with zero attached hydrogens (tertiary/aromatic N) is 2. The summed E-state index contributed by atoms with van der Waals surface area (Å²) in [6.07, 6.45) is 3.43. The van der Waals surface area contributed by atoms with Gasteiger partial charge in [0.15, 0.2) is 0 Å². The van der Waals surface area contributed by atoms with Crippen molar-refractivity contribution in [3.63, 3.8) is 0 Å². The third-order valence-corrected chi connectivity index (χ3v) is 2.50. The predicted octanol–water partition coefficient (Wildman–Crippen LogP) is 0.966. The molecule has 6 heteroatoms. The number of halogens is 1. The fraction of sp³-hybridized carbons (Fsp3) is 0.167. The molecule has 0 aliphatic carbocycles. The second-order valence-electron chi connectivity index (χ2n) is 3.92. The molecule has 0 fully saturated rings. The summed E-state index contributed by atoms with van der Waals surface area (Å²) >= 11 is 0. The van der Waals surface area contributed by atoms with Crippen molar-refractivity contribution < 1.29 is 14.3 Å². The Morgan fingerprint density at radius 1 is 1.44 bits per heavy atom. The van der Waals surface area contributed by atoms with Crippen LogP contribution in [0.2, 0.25) is 0 Å². The molecular weight excluding hydrogens is 237 g/mol. The maximum Gasteiger partial charge on any atom is 0.320 e. The largest absolute Gasteiger partial charge is 0.480 e. The van der Waals surface area contributed by atoms with Crippen LogP contribution in [0.1, 0.15) is 5.56 Å². The lowest BCUT2D eigenvalue weighted by Gasteiger charge is -2.03. The third-order valence-electron chi connectivity index (χ3n) is 2.50. The molecule has 0 radical (unpaired) electrons. The maximum atomic E-state index is 12.8. The molecule has 0 saturated carbocycles. The van der Waals surface area contributed by atoms with Crippen LogP contribution in [0.15, 0.2) is 36.7 Å². The summed E-state index contributed by atoms with van der Waals surface area (Å²) in [6, 6.07) is 4.89.